The van der Waals surface area contributed by atoms with E-state index < -0.39 is 12.6 Å². The molecule has 0 rings (SSSR count). The van der Waals surface area contributed by atoms with Gasteiger partial charge in [0.1, 0.15) is 0 Å². The van der Waals surface area contributed by atoms with Gasteiger partial charge in [-0.15, -0.1) is 0 Å². The first-order chi connectivity index (χ1) is 6.94. The number of methoxy groups -OCH3 is 1. The SMILES string of the molecule is CCC(OC)C(CCCC(F)(F)F)NN. The van der Waals surface area contributed by atoms with E-state index in [4.69, 9.17) is 10.6 Å². The van der Waals surface area contributed by atoms with Gasteiger partial charge in [-0.05, 0) is 19.3 Å². The Labute approximate surface area is 88.1 Å². The van der Waals surface area contributed by atoms with Gasteiger partial charge < -0.3 is 4.74 Å². The first kappa shape index (κ1) is 14.7. The van der Waals surface area contributed by atoms with Crippen LogP contribution in [0.25, 0.3) is 0 Å². The maximum absolute atomic E-state index is 11.9. The van der Waals surface area contributed by atoms with Crippen molar-refractivity contribution < 1.29 is 17.9 Å². The van der Waals surface area contributed by atoms with Gasteiger partial charge in [-0.2, -0.15) is 13.2 Å². The molecule has 0 fully saturated rings. The topological polar surface area (TPSA) is 47.3 Å². The van der Waals surface area contributed by atoms with Gasteiger partial charge in [0.05, 0.1) is 6.10 Å². The maximum Gasteiger partial charge on any atom is 0.389 e. The summed E-state index contributed by atoms with van der Waals surface area (Å²) in [5, 5.41) is 0. The predicted octanol–water partition coefficient (Wildman–Crippen LogP) is 1.98. The number of nitrogens with two attached hydrogens (primary N) is 1. The summed E-state index contributed by atoms with van der Waals surface area (Å²) in [6, 6.07) is -0.220. The number of nitrogens with one attached hydrogen (secondary N) is 1. The molecule has 2 unspecified atom stereocenters. The van der Waals surface area contributed by atoms with Crippen molar-refractivity contribution in [3.8, 4) is 0 Å². The Hall–Kier alpha value is -0.330. The van der Waals surface area contributed by atoms with Gasteiger partial charge in [0.25, 0.3) is 0 Å². The van der Waals surface area contributed by atoms with E-state index in [1.54, 1.807) is 0 Å². The van der Waals surface area contributed by atoms with Crippen molar-refractivity contribution in [2.45, 2.75) is 50.9 Å². The van der Waals surface area contributed by atoms with Crippen molar-refractivity contribution >= 4 is 0 Å². The fraction of sp³-hybridized carbons (Fsp3) is 1.00. The number of ether oxygens (including phenoxy) is 1. The quantitative estimate of drug-likeness (QED) is 0.517. The number of alkyl halides is 3. The molecule has 0 aromatic rings. The minimum Gasteiger partial charge on any atom is -0.380 e. The molecular formula is C9H19F3N2O. The molecule has 0 bridgehead atoms. The monoisotopic (exact) mass is 228 g/mol. The normalized spacial score (nSPS) is 16.4. The number of hydrogen-bond acceptors (Lipinski definition) is 3. The highest BCUT2D eigenvalue weighted by Gasteiger charge is 2.27. The van der Waals surface area contributed by atoms with E-state index >= 15 is 0 Å². The number of hydrogen-bond donors (Lipinski definition) is 2. The molecule has 0 aliphatic carbocycles. The molecule has 92 valence electrons. The van der Waals surface area contributed by atoms with Gasteiger partial charge in [0.2, 0.25) is 0 Å². The van der Waals surface area contributed by atoms with Crippen LogP contribution in [0.2, 0.25) is 0 Å². The zero-order chi connectivity index (χ0) is 11.9. The molecule has 15 heavy (non-hydrogen) atoms. The summed E-state index contributed by atoms with van der Waals surface area (Å²) in [6.07, 6.45) is -3.85. The molecule has 0 aromatic heterocycles. The summed E-state index contributed by atoms with van der Waals surface area (Å²) in [7, 11) is 1.53. The van der Waals surface area contributed by atoms with Crippen molar-refractivity contribution in [1.29, 1.82) is 0 Å². The van der Waals surface area contributed by atoms with Gasteiger partial charge in [-0.25, -0.2) is 0 Å². The third kappa shape index (κ3) is 6.70. The zero-order valence-electron chi connectivity index (χ0n) is 9.10. The molecule has 2 atom stereocenters. The Balaban J connectivity index is 3.89. The van der Waals surface area contributed by atoms with E-state index in [0.29, 0.717) is 6.42 Å². The van der Waals surface area contributed by atoms with Crippen molar-refractivity contribution in [3.63, 3.8) is 0 Å². The third-order valence-corrected chi connectivity index (χ3v) is 2.34. The Kier molecular flexibility index (Phi) is 6.87. The van der Waals surface area contributed by atoms with E-state index in [0.717, 1.165) is 6.42 Å². The number of hydrazine groups is 1. The molecule has 0 aromatic carbocycles. The van der Waals surface area contributed by atoms with Crippen LogP contribution in [0.3, 0.4) is 0 Å². The van der Waals surface area contributed by atoms with Crippen LogP contribution in [-0.2, 0) is 4.74 Å². The Bertz CT molecular complexity index is 160. The number of halogens is 3. The summed E-state index contributed by atoms with van der Waals surface area (Å²) in [6.45, 7) is 1.91. The van der Waals surface area contributed by atoms with Crippen LogP contribution in [0.15, 0.2) is 0 Å². The molecule has 0 saturated heterocycles. The molecule has 0 aliphatic heterocycles. The van der Waals surface area contributed by atoms with Crippen molar-refractivity contribution in [2.75, 3.05) is 7.11 Å². The van der Waals surface area contributed by atoms with Gasteiger partial charge in [0.15, 0.2) is 0 Å². The van der Waals surface area contributed by atoms with Crippen LogP contribution in [0.1, 0.15) is 32.6 Å². The highest BCUT2D eigenvalue weighted by molar-refractivity contribution is 4.74. The van der Waals surface area contributed by atoms with Gasteiger partial charge >= 0.3 is 6.18 Å². The third-order valence-electron chi connectivity index (χ3n) is 2.34. The highest BCUT2D eigenvalue weighted by atomic mass is 19.4. The lowest BCUT2D eigenvalue weighted by atomic mass is 10.0. The second kappa shape index (κ2) is 7.03. The molecular weight excluding hydrogens is 209 g/mol. The largest absolute Gasteiger partial charge is 0.389 e. The van der Waals surface area contributed by atoms with E-state index in [1.165, 1.54) is 7.11 Å². The van der Waals surface area contributed by atoms with Gasteiger partial charge in [0, 0.05) is 19.6 Å². The summed E-state index contributed by atoms with van der Waals surface area (Å²) < 4.78 is 40.8. The lowest BCUT2D eigenvalue weighted by Crippen LogP contribution is -2.44. The highest BCUT2D eigenvalue weighted by Crippen LogP contribution is 2.23. The molecule has 3 N–H and O–H groups in total. The molecule has 3 nitrogen and oxygen atoms in total. The van der Waals surface area contributed by atoms with E-state index in [2.05, 4.69) is 5.43 Å². The number of rotatable bonds is 7. The van der Waals surface area contributed by atoms with Crippen molar-refractivity contribution in [3.05, 3.63) is 0 Å². The summed E-state index contributed by atoms with van der Waals surface area (Å²) in [4.78, 5) is 0. The van der Waals surface area contributed by atoms with Crippen LogP contribution < -0.4 is 11.3 Å². The van der Waals surface area contributed by atoms with E-state index in [1.807, 2.05) is 6.92 Å². The van der Waals surface area contributed by atoms with E-state index in [9.17, 15) is 13.2 Å². The molecule has 0 saturated carbocycles. The van der Waals surface area contributed by atoms with Crippen molar-refractivity contribution in [2.24, 2.45) is 5.84 Å². The van der Waals surface area contributed by atoms with Crippen LogP contribution in [0, 0.1) is 0 Å². The van der Waals surface area contributed by atoms with Crippen LogP contribution in [0.4, 0.5) is 13.2 Å². The molecule has 0 radical (unpaired) electrons. The lowest BCUT2D eigenvalue weighted by molar-refractivity contribution is -0.136. The first-order valence-corrected chi connectivity index (χ1v) is 5.00. The molecule has 0 spiro atoms. The first-order valence-electron chi connectivity index (χ1n) is 5.00. The maximum atomic E-state index is 11.9. The molecule has 0 aliphatic rings. The van der Waals surface area contributed by atoms with Crippen molar-refractivity contribution in [1.82, 2.24) is 5.43 Å². The Morgan fingerprint density at radius 2 is 2.00 bits per heavy atom. The predicted molar refractivity (Wildman–Crippen MR) is 52.1 cm³/mol. The molecule has 0 amide bonds. The summed E-state index contributed by atoms with van der Waals surface area (Å²) >= 11 is 0. The fourth-order valence-electron chi connectivity index (χ4n) is 1.51. The second-order valence-electron chi connectivity index (χ2n) is 3.46. The second-order valence-corrected chi connectivity index (χ2v) is 3.46. The average molecular weight is 228 g/mol. The fourth-order valence-corrected chi connectivity index (χ4v) is 1.51. The molecule has 6 heteroatoms. The summed E-state index contributed by atoms with van der Waals surface area (Å²) in [5.41, 5.74) is 2.50. The van der Waals surface area contributed by atoms with Crippen LogP contribution >= 0.6 is 0 Å². The standard InChI is InChI=1S/C9H19F3N2O/c1-3-8(15-2)7(14-13)5-4-6-9(10,11)12/h7-8,14H,3-6,13H2,1-2H3. The Morgan fingerprint density at radius 3 is 2.33 bits per heavy atom. The minimum absolute atomic E-state index is 0.0677. The van der Waals surface area contributed by atoms with Gasteiger partial charge in [-0.1, -0.05) is 6.92 Å². The Morgan fingerprint density at radius 1 is 1.40 bits per heavy atom. The average Bonchev–Trinajstić information content (AvgIpc) is 2.15. The molecule has 0 heterocycles. The zero-order valence-corrected chi connectivity index (χ0v) is 9.10. The smallest absolute Gasteiger partial charge is 0.380 e. The van der Waals surface area contributed by atoms with E-state index in [-0.39, 0.29) is 18.6 Å². The lowest BCUT2D eigenvalue weighted by Gasteiger charge is -2.24. The summed E-state index contributed by atoms with van der Waals surface area (Å²) in [5.74, 6) is 5.26. The van der Waals surface area contributed by atoms with Crippen LogP contribution in [-0.4, -0.2) is 25.4 Å². The minimum atomic E-state index is -4.09. The van der Waals surface area contributed by atoms with Crippen LogP contribution in [0.5, 0.6) is 0 Å². The van der Waals surface area contributed by atoms with Gasteiger partial charge in [-0.3, -0.25) is 11.3 Å².